The van der Waals surface area contributed by atoms with Crippen LogP contribution in [-0.4, -0.2) is 40.3 Å². The lowest BCUT2D eigenvalue weighted by molar-refractivity contribution is 0.558. The summed E-state index contributed by atoms with van der Waals surface area (Å²) in [4.78, 5) is 3.77. The predicted octanol–water partition coefficient (Wildman–Crippen LogP) is 2.64. The van der Waals surface area contributed by atoms with Crippen LogP contribution in [-0.2, 0) is 15.3 Å². The normalized spacial score (nSPS) is 15.9. The Morgan fingerprint density at radius 1 is 1.04 bits per heavy atom. The molecule has 150 valence electrons. The van der Waals surface area contributed by atoms with Crippen LogP contribution >= 0.6 is 0 Å². The Morgan fingerprint density at radius 3 is 2.29 bits per heavy atom. The van der Waals surface area contributed by atoms with E-state index in [1.807, 2.05) is 6.07 Å². The van der Waals surface area contributed by atoms with Gasteiger partial charge in [0.1, 0.15) is 16.5 Å². The second-order valence-electron chi connectivity index (χ2n) is 6.86. The van der Waals surface area contributed by atoms with E-state index >= 15 is 0 Å². The topological polar surface area (TPSA) is 70.6 Å². The number of nitrogens with zero attached hydrogens (tertiary/aromatic N) is 1. The first-order chi connectivity index (χ1) is 13.4. The van der Waals surface area contributed by atoms with Crippen molar-refractivity contribution in [2.24, 2.45) is 4.99 Å². The summed E-state index contributed by atoms with van der Waals surface area (Å²) in [6, 6.07) is 12.0. The highest BCUT2D eigenvalue weighted by atomic mass is 32.2. The van der Waals surface area contributed by atoms with Gasteiger partial charge in [0.25, 0.3) is 0 Å². The number of halogens is 2. The van der Waals surface area contributed by atoms with E-state index in [9.17, 15) is 17.2 Å². The summed E-state index contributed by atoms with van der Waals surface area (Å²) in [6.45, 7) is 0.566. The lowest BCUT2D eigenvalue weighted by Gasteiger charge is -2.19. The molecule has 2 aromatic rings. The molecule has 2 aromatic carbocycles. The highest BCUT2D eigenvalue weighted by Crippen LogP contribution is 2.48. The van der Waals surface area contributed by atoms with E-state index < -0.39 is 15.7 Å². The van der Waals surface area contributed by atoms with Crippen molar-refractivity contribution in [2.75, 3.05) is 25.9 Å². The van der Waals surface area contributed by atoms with Gasteiger partial charge in [0, 0.05) is 25.6 Å². The number of hydrogen-bond acceptors (Lipinski definition) is 3. The van der Waals surface area contributed by atoms with E-state index in [0.717, 1.165) is 18.9 Å². The monoisotopic (exact) mass is 407 g/mol. The Morgan fingerprint density at radius 2 is 1.68 bits per heavy atom. The van der Waals surface area contributed by atoms with Crippen molar-refractivity contribution in [2.45, 2.75) is 23.2 Å². The molecule has 1 fully saturated rings. The first kappa shape index (κ1) is 20.3. The van der Waals surface area contributed by atoms with Gasteiger partial charge in [0.15, 0.2) is 15.8 Å². The van der Waals surface area contributed by atoms with Gasteiger partial charge >= 0.3 is 0 Å². The molecule has 0 aliphatic heterocycles. The number of hydrogen-bond donors (Lipinski definition) is 2. The van der Waals surface area contributed by atoms with Gasteiger partial charge in [-0.2, -0.15) is 0 Å². The highest BCUT2D eigenvalue weighted by molar-refractivity contribution is 7.91. The molecular weight excluding hydrogens is 384 g/mol. The molecule has 0 saturated heterocycles. The van der Waals surface area contributed by atoms with Crippen molar-refractivity contribution in [3.63, 3.8) is 0 Å². The summed E-state index contributed by atoms with van der Waals surface area (Å²) < 4.78 is 52.4. The number of guanidine groups is 1. The van der Waals surface area contributed by atoms with E-state index in [4.69, 9.17) is 0 Å². The van der Waals surface area contributed by atoms with Crippen molar-refractivity contribution < 1.29 is 17.2 Å². The summed E-state index contributed by atoms with van der Waals surface area (Å²) in [5.41, 5.74) is 0.419. The van der Waals surface area contributed by atoms with Gasteiger partial charge in [-0.05, 0) is 36.6 Å². The molecule has 3 rings (SSSR count). The molecular formula is C20H23F2N3O2S. The van der Waals surface area contributed by atoms with Crippen molar-refractivity contribution in [1.29, 1.82) is 0 Å². The molecule has 0 atom stereocenters. The summed E-state index contributed by atoms with van der Waals surface area (Å²) in [5, 5.41) is 6.06. The largest absolute Gasteiger partial charge is 0.356 e. The molecule has 1 aliphatic carbocycles. The average Bonchev–Trinajstić information content (AvgIpc) is 3.46. The molecule has 28 heavy (non-hydrogen) atoms. The zero-order valence-electron chi connectivity index (χ0n) is 15.6. The average molecular weight is 407 g/mol. The fourth-order valence-corrected chi connectivity index (χ4v) is 4.41. The van der Waals surface area contributed by atoms with Crippen molar-refractivity contribution in [3.05, 3.63) is 65.7 Å². The SMILES string of the molecule is CN=C(NCCS(=O)(=O)c1ccccc1F)NCC1(c2ccccc2F)CC1. The smallest absolute Gasteiger partial charge is 0.191 e. The van der Waals surface area contributed by atoms with Crippen molar-refractivity contribution in [3.8, 4) is 0 Å². The van der Waals surface area contributed by atoms with Gasteiger partial charge in [-0.25, -0.2) is 17.2 Å². The molecule has 5 nitrogen and oxygen atoms in total. The van der Waals surface area contributed by atoms with Crippen LogP contribution in [0.4, 0.5) is 8.78 Å². The summed E-state index contributed by atoms with van der Waals surface area (Å²) in [5.74, 6) is -0.828. The van der Waals surface area contributed by atoms with Gasteiger partial charge in [0.2, 0.25) is 0 Å². The predicted molar refractivity (Wildman–Crippen MR) is 105 cm³/mol. The highest BCUT2D eigenvalue weighted by Gasteiger charge is 2.45. The minimum absolute atomic E-state index is 0.0725. The second kappa shape index (κ2) is 8.26. The third kappa shape index (κ3) is 4.49. The van der Waals surface area contributed by atoms with Gasteiger partial charge in [-0.15, -0.1) is 0 Å². The minimum atomic E-state index is -3.74. The molecule has 8 heteroatoms. The molecule has 1 saturated carbocycles. The van der Waals surface area contributed by atoms with Crippen molar-refractivity contribution in [1.82, 2.24) is 10.6 Å². The first-order valence-electron chi connectivity index (χ1n) is 9.05. The quantitative estimate of drug-likeness (QED) is 0.547. The number of nitrogens with one attached hydrogen (secondary N) is 2. The zero-order valence-corrected chi connectivity index (χ0v) is 16.4. The van der Waals surface area contributed by atoms with Gasteiger partial charge in [0.05, 0.1) is 5.75 Å². The fraction of sp³-hybridized carbons (Fsp3) is 0.350. The Balaban J connectivity index is 1.55. The third-order valence-electron chi connectivity index (χ3n) is 4.95. The van der Waals surface area contributed by atoms with Gasteiger partial charge in [-0.1, -0.05) is 30.3 Å². The summed E-state index contributed by atoms with van der Waals surface area (Å²) in [6.07, 6.45) is 1.75. The zero-order chi connectivity index (χ0) is 20.2. The Bertz CT molecular complexity index is 973. The molecule has 0 unspecified atom stereocenters. The number of aliphatic imine (C=N–C) groups is 1. The standard InChI is InChI=1S/C20H23F2N3O2S/c1-23-19(24-12-13-28(26,27)18-9-5-4-8-17(18)22)25-14-20(10-11-20)15-6-2-3-7-16(15)21/h2-9H,10-14H2,1H3,(H2,23,24,25). The maximum absolute atomic E-state index is 14.1. The van der Waals surface area contributed by atoms with Crippen LogP contribution in [0.1, 0.15) is 18.4 Å². The van der Waals surface area contributed by atoms with Crippen LogP contribution in [0.3, 0.4) is 0 Å². The van der Waals surface area contributed by atoms with E-state index in [-0.39, 0.29) is 28.4 Å². The number of sulfone groups is 1. The number of benzene rings is 2. The van der Waals surface area contributed by atoms with E-state index in [2.05, 4.69) is 15.6 Å². The molecule has 0 radical (unpaired) electrons. The molecule has 0 amide bonds. The van der Waals surface area contributed by atoms with Crippen molar-refractivity contribution >= 4 is 15.8 Å². The van der Waals surface area contributed by atoms with Crippen LogP contribution < -0.4 is 10.6 Å². The summed E-state index contributed by atoms with van der Waals surface area (Å²) in [7, 11) is -2.17. The maximum atomic E-state index is 14.1. The second-order valence-corrected chi connectivity index (χ2v) is 8.94. The van der Waals surface area contributed by atoms with Gasteiger partial charge < -0.3 is 10.6 Å². The number of rotatable bonds is 7. The molecule has 1 aliphatic rings. The van der Waals surface area contributed by atoms with E-state index in [1.165, 1.54) is 24.3 Å². The minimum Gasteiger partial charge on any atom is -0.356 e. The summed E-state index contributed by atoms with van der Waals surface area (Å²) >= 11 is 0. The van der Waals surface area contributed by atoms with Crippen LogP contribution in [0.15, 0.2) is 58.4 Å². The fourth-order valence-electron chi connectivity index (χ4n) is 3.17. The molecule has 0 spiro atoms. The lowest BCUT2D eigenvalue weighted by atomic mass is 9.95. The van der Waals surface area contributed by atoms with E-state index in [1.54, 1.807) is 19.2 Å². The van der Waals surface area contributed by atoms with E-state index in [0.29, 0.717) is 18.1 Å². The molecule has 2 N–H and O–H groups in total. The van der Waals surface area contributed by atoms with Crippen LogP contribution in [0, 0.1) is 11.6 Å². The first-order valence-corrected chi connectivity index (χ1v) is 10.7. The lowest BCUT2D eigenvalue weighted by Crippen LogP contribution is -2.43. The third-order valence-corrected chi connectivity index (χ3v) is 6.69. The Labute approximate surface area is 163 Å². The van der Waals surface area contributed by atoms with Gasteiger partial charge in [-0.3, -0.25) is 4.99 Å². The maximum Gasteiger partial charge on any atom is 0.191 e. The van der Waals surface area contributed by atoms with Crippen LogP contribution in [0.5, 0.6) is 0 Å². The Kier molecular flexibility index (Phi) is 5.98. The van der Waals surface area contributed by atoms with Crippen LogP contribution in [0.2, 0.25) is 0 Å². The van der Waals surface area contributed by atoms with Crippen LogP contribution in [0.25, 0.3) is 0 Å². The molecule has 0 aromatic heterocycles. The molecule has 0 bridgehead atoms. The molecule has 0 heterocycles. The Hall–Kier alpha value is -2.48.